The van der Waals surface area contributed by atoms with Crippen molar-refractivity contribution in [1.82, 2.24) is 15.0 Å². The van der Waals surface area contributed by atoms with Crippen molar-refractivity contribution in [2.75, 3.05) is 0 Å². The first-order valence-corrected chi connectivity index (χ1v) is 17.2. The number of thiophene rings is 1. The second-order valence-corrected chi connectivity index (χ2v) is 13.2. The molecule has 0 amide bonds. The predicted molar refractivity (Wildman–Crippen MR) is 205 cm³/mol. The molecule has 3 nitrogen and oxygen atoms in total. The highest BCUT2D eigenvalue weighted by Gasteiger charge is 2.15. The molecule has 3 aromatic heterocycles. The summed E-state index contributed by atoms with van der Waals surface area (Å²) in [6.45, 7) is 0. The summed E-state index contributed by atoms with van der Waals surface area (Å²) in [6.07, 6.45) is 3.69. The van der Waals surface area contributed by atoms with Crippen molar-refractivity contribution in [1.29, 1.82) is 0 Å². The Morgan fingerprint density at radius 1 is 0.367 bits per heavy atom. The lowest BCUT2D eigenvalue weighted by Crippen LogP contribution is -1.97. The Labute approximate surface area is 288 Å². The Hall–Kier alpha value is -6.23. The van der Waals surface area contributed by atoms with Crippen LogP contribution in [0.3, 0.4) is 0 Å². The van der Waals surface area contributed by atoms with Crippen LogP contribution in [0.15, 0.2) is 176 Å². The molecule has 0 unspecified atom stereocenters. The van der Waals surface area contributed by atoms with Crippen molar-refractivity contribution >= 4 is 31.5 Å². The van der Waals surface area contributed by atoms with Crippen LogP contribution in [0.1, 0.15) is 0 Å². The van der Waals surface area contributed by atoms with Gasteiger partial charge in [-0.3, -0.25) is 4.98 Å². The van der Waals surface area contributed by atoms with E-state index in [4.69, 9.17) is 9.97 Å². The highest BCUT2D eigenvalue weighted by atomic mass is 32.1. The van der Waals surface area contributed by atoms with E-state index in [0.717, 1.165) is 39.2 Å². The van der Waals surface area contributed by atoms with Crippen LogP contribution in [0.2, 0.25) is 0 Å². The maximum absolute atomic E-state index is 5.19. The Morgan fingerprint density at radius 2 is 0.918 bits per heavy atom. The minimum absolute atomic E-state index is 0.679. The summed E-state index contributed by atoms with van der Waals surface area (Å²) in [6, 6.07) is 57.7. The van der Waals surface area contributed by atoms with Gasteiger partial charge in [-0.2, -0.15) is 0 Å². The van der Waals surface area contributed by atoms with Gasteiger partial charge in [-0.1, -0.05) is 133 Å². The first-order chi connectivity index (χ1) is 24.3. The average molecular weight is 644 g/mol. The van der Waals surface area contributed by atoms with Crippen LogP contribution >= 0.6 is 11.3 Å². The van der Waals surface area contributed by atoms with Crippen LogP contribution in [0.4, 0.5) is 0 Å². The molecule has 0 saturated carbocycles. The number of rotatable bonds is 6. The van der Waals surface area contributed by atoms with Crippen molar-refractivity contribution < 1.29 is 0 Å². The van der Waals surface area contributed by atoms with Crippen LogP contribution in [0.5, 0.6) is 0 Å². The van der Waals surface area contributed by atoms with E-state index in [9.17, 15) is 0 Å². The number of nitrogens with zero attached hydrogens (tertiary/aromatic N) is 3. The summed E-state index contributed by atoms with van der Waals surface area (Å²) >= 11 is 1.85. The summed E-state index contributed by atoms with van der Waals surface area (Å²) in [4.78, 5) is 14.7. The summed E-state index contributed by atoms with van der Waals surface area (Å²) < 4.78 is 2.63. The number of pyridine rings is 1. The van der Waals surface area contributed by atoms with Gasteiger partial charge in [0.15, 0.2) is 5.82 Å². The predicted octanol–water partition coefficient (Wildman–Crippen LogP) is 12.2. The minimum atomic E-state index is 0.679. The monoisotopic (exact) mass is 643 g/mol. The molecule has 49 heavy (non-hydrogen) atoms. The van der Waals surface area contributed by atoms with E-state index in [2.05, 4.69) is 145 Å². The second-order valence-electron chi connectivity index (χ2n) is 12.1. The van der Waals surface area contributed by atoms with Gasteiger partial charge in [0.05, 0.1) is 11.4 Å². The molecule has 0 N–H and O–H groups in total. The molecule has 0 fully saturated rings. The van der Waals surface area contributed by atoms with Gasteiger partial charge in [-0.15, -0.1) is 11.3 Å². The van der Waals surface area contributed by atoms with Gasteiger partial charge in [0.25, 0.3) is 0 Å². The van der Waals surface area contributed by atoms with E-state index < -0.39 is 0 Å². The van der Waals surface area contributed by atoms with Crippen LogP contribution in [0.25, 0.3) is 87.5 Å². The molecule has 0 atom stereocenters. The zero-order valence-corrected chi connectivity index (χ0v) is 27.3. The Kier molecular flexibility index (Phi) is 7.34. The summed E-state index contributed by atoms with van der Waals surface area (Å²) in [7, 11) is 0. The van der Waals surface area contributed by atoms with Crippen LogP contribution in [-0.2, 0) is 0 Å². The normalized spacial score (nSPS) is 11.3. The molecule has 4 heteroatoms. The number of aromatic nitrogens is 3. The topological polar surface area (TPSA) is 38.7 Å². The smallest absolute Gasteiger partial charge is 0.161 e. The molecule has 230 valence electrons. The third-order valence-corrected chi connectivity index (χ3v) is 10.2. The lowest BCUT2D eigenvalue weighted by molar-refractivity contribution is 1.18. The van der Waals surface area contributed by atoms with Crippen molar-refractivity contribution in [3.8, 4) is 67.3 Å². The zero-order valence-electron chi connectivity index (χ0n) is 26.5. The number of hydrogen-bond donors (Lipinski definition) is 0. The maximum Gasteiger partial charge on any atom is 0.161 e. The fourth-order valence-corrected chi connectivity index (χ4v) is 7.60. The van der Waals surface area contributed by atoms with Crippen LogP contribution < -0.4 is 0 Å². The molecule has 9 aromatic rings. The van der Waals surface area contributed by atoms with Gasteiger partial charge in [-0.05, 0) is 58.1 Å². The van der Waals surface area contributed by atoms with Crippen molar-refractivity contribution in [3.63, 3.8) is 0 Å². The van der Waals surface area contributed by atoms with Crippen molar-refractivity contribution in [2.24, 2.45) is 0 Å². The van der Waals surface area contributed by atoms with E-state index in [1.165, 1.54) is 42.4 Å². The van der Waals surface area contributed by atoms with E-state index in [1.807, 2.05) is 41.8 Å². The molecule has 0 saturated heterocycles. The number of benzene rings is 6. The molecule has 0 aliphatic heterocycles. The van der Waals surface area contributed by atoms with Gasteiger partial charge < -0.3 is 0 Å². The lowest BCUT2D eigenvalue weighted by atomic mass is 9.98. The fourth-order valence-electron chi connectivity index (χ4n) is 6.52. The van der Waals surface area contributed by atoms with E-state index in [0.29, 0.717) is 5.82 Å². The number of hydrogen-bond acceptors (Lipinski definition) is 4. The lowest BCUT2D eigenvalue weighted by Gasteiger charge is -2.13. The van der Waals surface area contributed by atoms with Gasteiger partial charge >= 0.3 is 0 Å². The van der Waals surface area contributed by atoms with Gasteiger partial charge in [-0.25, -0.2) is 9.97 Å². The molecule has 9 rings (SSSR count). The van der Waals surface area contributed by atoms with Gasteiger partial charge in [0, 0.05) is 54.8 Å². The van der Waals surface area contributed by atoms with Gasteiger partial charge in [0.1, 0.15) is 0 Å². The third-order valence-electron chi connectivity index (χ3n) is 9.05. The Bertz CT molecular complexity index is 2570. The molecule has 0 spiro atoms. The summed E-state index contributed by atoms with van der Waals surface area (Å²) in [5.74, 6) is 0.679. The molecular formula is C45H29N3S. The highest BCUT2D eigenvalue weighted by molar-refractivity contribution is 7.25. The van der Waals surface area contributed by atoms with Crippen LogP contribution in [-0.4, -0.2) is 15.0 Å². The first-order valence-electron chi connectivity index (χ1n) is 16.3. The molecule has 0 aliphatic rings. The van der Waals surface area contributed by atoms with E-state index in [-0.39, 0.29) is 0 Å². The van der Waals surface area contributed by atoms with Crippen molar-refractivity contribution in [3.05, 3.63) is 176 Å². The highest BCUT2D eigenvalue weighted by Crippen LogP contribution is 2.38. The molecular weight excluding hydrogens is 615 g/mol. The molecule has 0 aliphatic carbocycles. The first kappa shape index (κ1) is 29.0. The fraction of sp³-hybridized carbons (Fsp3) is 0. The zero-order chi connectivity index (χ0) is 32.6. The molecule has 0 radical (unpaired) electrons. The Balaban J connectivity index is 1.14. The van der Waals surface area contributed by atoms with Gasteiger partial charge in [0.2, 0.25) is 0 Å². The quantitative estimate of drug-likeness (QED) is 0.181. The molecule has 0 bridgehead atoms. The second kappa shape index (κ2) is 12.4. The summed E-state index contributed by atoms with van der Waals surface area (Å²) in [5, 5.41) is 2.61. The molecule has 6 aromatic carbocycles. The minimum Gasteiger partial charge on any atom is -0.264 e. The third kappa shape index (κ3) is 5.58. The number of fused-ring (bicyclic) bond motifs is 3. The van der Waals surface area contributed by atoms with Crippen LogP contribution in [0, 0.1) is 0 Å². The largest absolute Gasteiger partial charge is 0.264 e. The maximum atomic E-state index is 5.19. The standard InChI is InChI=1S/C45H29N3S/c1-2-9-30(10-3-1)31-16-20-33(21-17-31)41-28-42(48-45(47-41)39-14-5-4-12-37(39)36-11-8-26-46-29-36)34-22-18-32(19-23-34)35-24-25-44-40(27-35)38-13-6-7-15-43(38)49-44/h1-29H. The average Bonchev–Trinajstić information content (AvgIpc) is 3.57. The van der Waals surface area contributed by atoms with E-state index >= 15 is 0 Å². The SMILES string of the molecule is c1ccc(-c2ccc(-c3cc(-c4ccc(-c5ccc6sc7ccccc7c6c5)cc4)nc(-c4ccccc4-c4cccnc4)n3)cc2)cc1. The summed E-state index contributed by atoms with van der Waals surface area (Å²) in [5.41, 5.74) is 11.6. The molecule has 3 heterocycles. The Morgan fingerprint density at radius 3 is 1.63 bits per heavy atom. The van der Waals surface area contributed by atoms with Crippen molar-refractivity contribution in [2.45, 2.75) is 0 Å². The van der Waals surface area contributed by atoms with E-state index in [1.54, 1.807) is 6.20 Å².